The molecule has 80 valence electrons. The topological polar surface area (TPSA) is 55.2 Å². The van der Waals surface area contributed by atoms with Crippen LogP contribution < -0.4 is 5.32 Å². The van der Waals surface area contributed by atoms with Crippen molar-refractivity contribution < 1.29 is 9.31 Å². The van der Waals surface area contributed by atoms with E-state index >= 15 is 0 Å². The van der Waals surface area contributed by atoms with Crippen molar-refractivity contribution in [3.05, 3.63) is 38.7 Å². The second-order valence-electron chi connectivity index (χ2n) is 3.65. The molecule has 0 spiro atoms. The summed E-state index contributed by atoms with van der Waals surface area (Å²) in [6.45, 7) is 2.99. The third kappa shape index (κ3) is 1.59. The largest absolute Gasteiger partial charge is 0.312 e. The van der Waals surface area contributed by atoms with Crippen molar-refractivity contribution in [3.8, 4) is 0 Å². The summed E-state index contributed by atoms with van der Waals surface area (Å²) in [5.41, 5.74) is 1.84. The maximum absolute atomic E-state index is 13.4. The Kier molecular flexibility index (Phi) is 2.40. The number of halogens is 1. The number of fused-ring (bicyclic) bond motifs is 1. The molecule has 0 saturated heterocycles. The van der Waals surface area contributed by atoms with Crippen LogP contribution in [0.2, 0.25) is 0 Å². The van der Waals surface area contributed by atoms with Gasteiger partial charge in [0.1, 0.15) is 0 Å². The van der Waals surface area contributed by atoms with Crippen LogP contribution in [0.3, 0.4) is 0 Å². The van der Waals surface area contributed by atoms with Gasteiger partial charge in [0.05, 0.1) is 4.92 Å². The van der Waals surface area contributed by atoms with Crippen LogP contribution in [-0.4, -0.2) is 11.5 Å². The number of rotatable bonds is 1. The number of nitro benzene ring substituents is 1. The average Bonchev–Trinajstić information content (AvgIpc) is 2.17. The van der Waals surface area contributed by atoms with Gasteiger partial charge < -0.3 is 5.32 Å². The molecule has 0 aliphatic carbocycles. The molecule has 5 heteroatoms. The second kappa shape index (κ2) is 3.58. The van der Waals surface area contributed by atoms with E-state index in [1.54, 1.807) is 6.92 Å². The molecule has 1 aromatic carbocycles. The fourth-order valence-electron chi connectivity index (χ4n) is 2.04. The highest BCUT2D eigenvalue weighted by Gasteiger charge is 2.24. The van der Waals surface area contributed by atoms with Gasteiger partial charge in [-0.25, -0.2) is 0 Å². The standard InChI is InChI=1S/C10H11FN2O2/c1-6-8-2-3-12-5-7(8)4-9(11)10(6)13(14)15/h4,12H,2-3,5H2,1H3. The molecule has 0 atom stereocenters. The highest BCUT2D eigenvalue weighted by Crippen LogP contribution is 2.29. The van der Waals surface area contributed by atoms with E-state index in [1.807, 2.05) is 0 Å². The van der Waals surface area contributed by atoms with Gasteiger partial charge in [-0.3, -0.25) is 10.1 Å². The van der Waals surface area contributed by atoms with Crippen LogP contribution in [0.15, 0.2) is 6.07 Å². The number of nitrogens with one attached hydrogen (secondary N) is 1. The molecule has 0 fully saturated rings. The van der Waals surface area contributed by atoms with Gasteiger partial charge in [0.15, 0.2) is 0 Å². The Balaban J connectivity index is 2.64. The van der Waals surface area contributed by atoms with E-state index in [2.05, 4.69) is 5.32 Å². The Bertz CT molecular complexity index is 432. The summed E-state index contributed by atoms with van der Waals surface area (Å²) in [5, 5.41) is 13.8. The van der Waals surface area contributed by atoms with Crippen LogP contribution in [0, 0.1) is 22.9 Å². The van der Waals surface area contributed by atoms with E-state index in [1.165, 1.54) is 6.07 Å². The van der Waals surface area contributed by atoms with Crippen LogP contribution in [0.1, 0.15) is 16.7 Å². The Hall–Kier alpha value is -1.49. The first-order valence-corrected chi connectivity index (χ1v) is 4.77. The number of hydrogen-bond donors (Lipinski definition) is 1. The van der Waals surface area contributed by atoms with Crippen molar-refractivity contribution in [2.75, 3.05) is 6.54 Å². The van der Waals surface area contributed by atoms with E-state index in [0.717, 1.165) is 24.1 Å². The lowest BCUT2D eigenvalue weighted by molar-refractivity contribution is -0.388. The number of nitro groups is 1. The molecule has 2 rings (SSSR count). The van der Waals surface area contributed by atoms with E-state index in [-0.39, 0.29) is 5.69 Å². The zero-order valence-corrected chi connectivity index (χ0v) is 8.34. The molecule has 1 aliphatic heterocycles. The second-order valence-corrected chi connectivity index (χ2v) is 3.65. The molecule has 1 heterocycles. The van der Waals surface area contributed by atoms with E-state index in [4.69, 9.17) is 0 Å². The first-order chi connectivity index (χ1) is 7.11. The van der Waals surface area contributed by atoms with Gasteiger partial charge in [-0.1, -0.05) is 0 Å². The van der Waals surface area contributed by atoms with E-state index in [0.29, 0.717) is 12.1 Å². The third-order valence-electron chi connectivity index (χ3n) is 2.77. The maximum atomic E-state index is 13.4. The van der Waals surface area contributed by atoms with Crippen molar-refractivity contribution >= 4 is 5.69 Å². The van der Waals surface area contributed by atoms with E-state index in [9.17, 15) is 14.5 Å². The SMILES string of the molecule is Cc1c2c(cc(F)c1[N+](=O)[O-])CNCC2. The van der Waals surface area contributed by atoms with Crippen molar-refractivity contribution in [1.29, 1.82) is 0 Å². The molecule has 0 unspecified atom stereocenters. The summed E-state index contributed by atoms with van der Waals surface area (Å²) in [7, 11) is 0. The fraction of sp³-hybridized carbons (Fsp3) is 0.400. The molecule has 1 aliphatic rings. The molecule has 4 nitrogen and oxygen atoms in total. The monoisotopic (exact) mass is 210 g/mol. The maximum Gasteiger partial charge on any atom is 0.307 e. The summed E-state index contributed by atoms with van der Waals surface area (Å²) in [6.07, 6.45) is 0.724. The van der Waals surface area contributed by atoms with Crippen LogP contribution >= 0.6 is 0 Å². The first-order valence-electron chi connectivity index (χ1n) is 4.77. The minimum absolute atomic E-state index is 0.379. The molecule has 1 N–H and O–H groups in total. The molecule has 1 aromatic rings. The van der Waals surface area contributed by atoms with Crippen LogP contribution in [0.4, 0.5) is 10.1 Å². The predicted molar refractivity (Wildman–Crippen MR) is 53.2 cm³/mol. The van der Waals surface area contributed by atoms with Gasteiger partial charge in [0.2, 0.25) is 5.82 Å². The third-order valence-corrected chi connectivity index (χ3v) is 2.77. The summed E-state index contributed by atoms with van der Waals surface area (Å²) >= 11 is 0. The van der Waals surface area contributed by atoms with Gasteiger partial charge in [-0.15, -0.1) is 0 Å². The molecular weight excluding hydrogens is 199 g/mol. The summed E-state index contributed by atoms with van der Waals surface area (Å²) in [4.78, 5) is 10.0. The van der Waals surface area contributed by atoms with Gasteiger partial charge in [-0.2, -0.15) is 4.39 Å². The Labute approximate surface area is 86.3 Å². The van der Waals surface area contributed by atoms with E-state index < -0.39 is 10.7 Å². The zero-order valence-electron chi connectivity index (χ0n) is 8.34. The lowest BCUT2D eigenvalue weighted by Crippen LogP contribution is -2.25. The minimum Gasteiger partial charge on any atom is -0.312 e. The van der Waals surface area contributed by atoms with Crippen LogP contribution in [-0.2, 0) is 13.0 Å². The Morgan fingerprint density at radius 2 is 2.33 bits per heavy atom. The smallest absolute Gasteiger partial charge is 0.307 e. The van der Waals surface area contributed by atoms with Gasteiger partial charge >= 0.3 is 5.69 Å². The number of hydrogen-bond acceptors (Lipinski definition) is 3. The lowest BCUT2D eigenvalue weighted by Gasteiger charge is -2.19. The van der Waals surface area contributed by atoms with Crippen LogP contribution in [0.25, 0.3) is 0 Å². The van der Waals surface area contributed by atoms with Crippen LogP contribution in [0.5, 0.6) is 0 Å². The van der Waals surface area contributed by atoms with Gasteiger partial charge in [-0.05, 0) is 37.1 Å². The first kappa shape index (κ1) is 10.0. The number of nitrogens with zero attached hydrogens (tertiary/aromatic N) is 1. The van der Waals surface area contributed by atoms with Gasteiger partial charge in [0.25, 0.3) is 0 Å². The molecule has 0 aromatic heterocycles. The lowest BCUT2D eigenvalue weighted by atomic mass is 9.94. The minimum atomic E-state index is -0.736. The highest BCUT2D eigenvalue weighted by atomic mass is 19.1. The van der Waals surface area contributed by atoms with Gasteiger partial charge in [0, 0.05) is 12.1 Å². The molecule has 15 heavy (non-hydrogen) atoms. The Morgan fingerprint density at radius 3 is 3.00 bits per heavy atom. The fourth-order valence-corrected chi connectivity index (χ4v) is 2.04. The van der Waals surface area contributed by atoms with Crippen molar-refractivity contribution in [2.45, 2.75) is 19.9 Å². The Morgan fingerprint density at radius 1 is 1.60 bits per heavy atom. The normalized spacial score (nSPS) is 14.8. The summed E-state index contributed by atoms with van der Waals surface area (Å²) < 4.78 is 13.4. The molecule has 0 amide bonds. The molecule has 0 radical (unpaired) electrons. The summed E-state index contributed by atoms with van der Waals surface area (Å²) in [5.74, 6) is -0.736. The highest BCUT2D eigenvalue weighted by molar-refractivity contribution is 5.50. The molecule has 0 saturated carbocycles. The molecular formula is C10H11FN2O2. The van der Waals surface area contributed by atoms with Crippen molar-refractivity contribution in [3.63, 3.8) is 0 Å². The number of benzene rings is 1. The quantitative estimate of drug-likeness (QED) is 0.566. The predicted octanol–water partition coefficient (Wildman–Crippen LogP) is 1.69. The van der Waals surface area contributed by atoms with Crippen molar-refractivity contribution in [2.24, 2.45) is 0 Å². The zero-order chi connectivity index (χ0) is 11.0. The molecule has 0 bridgehead atoms. The average molecular weight is 210 g/mol. The van der Waals surface area contributed by atoms with Crippen molar-refractivity contribution in [1.82, 2.24) is 5.32 Å². The summed E-state index contributed by atoms with van der Waals surface area (Å²) in [6, 6.07) is 1.27.